The zero-order valence-electron chi connectivity index (χ0n) is 19.7. The molecule has 1 heterocycles. The Morgan fingerprint density at radius 1 is 0.970 bits per heavy atom. The number of nitrogens with zero attached hydrogens (tertiary/aromatic N) is 1. The van der Waals surface area contributed by atoms with Crippen molar-refractivity contribution < 1.29 is 9.47 Å². The highest BCUT2D eigenvalue weighted by Gasteiger charge is 2.22. The Kier molecular flexibility index (Phi) is 6.10. The summed E-state index contributed by atoms with van der Waals surface area (Å²) < 4.78 is 13.5. The molecule has 1 saturated carbocycles. The van der Waals surface area contributed by atoms with Gasteiger partial charge in [0.05, 0.1) is 14.2 Å². The molecular formula is C29H32N2O2. The van der Waals surface area contributed by atoms with E-state index in [0.29, 0.717) is 0 Å². The van der Waals surface area contributed by atoms with Crippen LogP contribution in [0, 0.1) is 5.92 Å². The lowest BCUT2D eigenvalue weighted by atomic mass is 10.00. The van der Waals surface area contributed by atoms with E-state index in [1.54, 1.807) is 14.2 Å². The van der Waals surface area contributed by atoms with Crippen LogP contribution in [0.4, 0.5) is 0 Å². The van der Waals surface area contributed by atoms with Crippen LogP contribution in [-0.4, -0.2) is 18.8 Å². The molecule has 1 aromatic heterocycles. The van der Waals surface area contributed by atoms with Crippen molar-refractivity contribution in [3.63, 3.8) is 0 Å². The zero-order valence-corrected chi connectivity index (χ0v) is 19.7. The third kappa shape index (κ3) is 4.76. The molecule has 1 aliphatic carbocycles. The molecule has 1 aliphatic rings. The summed E-state index contributed by atoms with van der Waals surface area (Å²) in [6.07, 6.45) is 4.96. The summed E-state index contributed by atoms with van der Waals surface area (Å²) in [5.74, 6) is 2.65. The molecular weight excluding hydrogens is 408 g/mol. The number of rotatable bonds is 9. The van der Waals surface area contributed by atoms with E-state index >= 15 is 0 Å². The summed E-state index contributed by atoms with van der Waals surface area (Å²) >= 11 is 0. The molecule has 1 unspecified atom stereocenters. The molecule has 0 aliphatic heterocycles. The van der Waals surface area contributed by atoms with Gasteiger partial charge < -0.3 is 19.4 Å². The van der Waals surface area contributed by atoms with Gasteiger partial charge in [-0.1, -0.05) is 24.3 Å². The highest BCUT2D eigenvalue weighted by Crippen LogP contribution is 2.35. The van der Waals surface area contributed by atoms with Crippen molar-refractivity contribution in [2.75, 3.05) is 14.2 Å². The molecule has 0 spiro atoms. The fourth-order valence-corrected chi connectivity index (χ4v) is 4.50. The summed E-state index contributed by atoms with van der Waals surface area (Å²) in [4.78, 5) is 0. The molecule has 0 radical (unpaired) electrons. The first kappa shape index (κ1) is 21.6. The van der Waals surface area contributed by atoms with E-state index in [-0.39, 0.29) is 6.04 Å². The molecule has 1 fully saturated rings. The number of hydrogen-bond donors (Lipinski definition) is 1. The van der Waals surface area contributed by atoms with Crippen LogP contribution in [0.2, 0.25) is 0 Å². The largest absolute Gasteiger partial charge is 0.497 e. The Morgan fingerprint density at radius 2 is 1.85 bits per heavy atom. The van der Waals surface area contributed by atoms with Gasteiger partial charge >= 0.3 is 0 Å². The number of ether oxygens (including phenoxy) is 2. The second-order valence-electron chi connectivity index (χ2n) is 9.10. The normalized spacial score (nSPS) is 14.4. The Morgan fingerprint density at radius 3 is 2.64 bits per heavy atom. The molecule has 3 aromatic carbocycles. The van der Waals surface area contributed by atoms with E-state index in [1.165, 1.54) is 40.4 Å². The monoisotopic (exact) mass is 440 g/mol. The number of fused-ring (bicyclic) bond motifs is 1. The van der Waals surface area contributed by atoms with Crippen molar-refractivity contribution in [2.45, 2.75) is 38.9 Å². The minimum Gasteiger partial charge on any atom is -0.497 e. The molecule has 4 nitrogen and oxygen atoms in total. The van der Waals surface area contributed by atoms with E-state index in [2.05, 4.69) is 77.6 Å². The molecule has 170 valence electrons. The number of nitrogens with one attached hydrogen (secondary N) is 1. The smallest absolute Gasteiger partial charge is 0.126 e. The highest BCUT2D eigenvalue weighted by atomic mass is 16.5. The summed E-state index contributed by atoms with van der Waals surface area (Å²) in [5, 5.41) is 4.92. The van der Waals surface area contributed by atoms with Crippen molar-refractivity contribution in [2.24, 2.45) is 5.92 Å². The first-order valence-corrected chi connectivity index (χ1v) is 11.8. The Bertz CT molecular complexity index is 1260. The molecule has 0 bridgehead atoms. The minimum absolute atomic E-state index is 0.216. The van der Waals surface area contributed by atoms with Gasteiger partial charge in [0.1, 0.15) is 11.5 Å². The maximum atomic E-state index is 5.71. The molecule has 0 saturated heterocycles. The SMILES string of the molecule is COc1cccc(C(C)NCc2ccc(OC)c(-c3ccc4c(ccn4CC4CC4)c3)c2)c1. The van der Waals surface area contributed by atoms with Crippen LogP contribution >= 0.6 is 0 Å². The van der Waals surface area contributed by atoms with Crippen molar-refractivity contribution in [1.82, 2.24) is 9.88 Å². The zero-order chi connectivity index (χ0) is 22.8. The lowest BCUT2D eigenvalue weighted by Crippen LogP contribution is -2.18. The lowest BCUT2D eigenvalue weighted by molar-refractivity contribution is 0.413. The van der Waals surface area contributed by atoms with Crippen LogP contribution in [0.25, 0.3) is 22.0 Å². The summed E-state index contributed by atoms with van der Waals surface area (Å²) in [6.45, 7) is 4.09. The van der Waals surface area contributed by atoms with Crippen LogP contribution in [0.15, 0.2) is 72.9 Å². The van der Waals surface area contributed by atoms with Gasteiger partial charge in [-0.05, 0) is 84.8 Å². The van der Waals surface area contributed by atoms with Crippen LogP contribution in [0.1, 0.15) is 36.9 Å². The molecule has 1 atom stereocenters. The standard InChI is InChI=1S/C29H32N2O2/c1-20(23-5-4-6-26(17-23)32-2)30-18-22-9-12-29(33-3)27(15-22)24-10-11-28-25(16-24)13-14-31(28)19-21-7-8-21/h4-6,9-17,20-21,30H,7-8,18-19H2,1-3H3. The van der Waals surface area contributed by atoms with Gasteiger partial charge in [0.2, 0.25) is 0 Å². The number of hydrogen-bond acceptors (Lipinski definition) is 3. The van der Waals surface area contributed by atoms with E-state index in [9.17, 15) is 0 Å². The van der Waals surface area contributed by atoms with Gasteiger partial charge in [0.15, 0.2) is 0 Å². The first-order valence-electron chi connectivity index (χ1n) is 11.8. The third-order valence-corrected chi connectivity index (χ3v) is 6.70. The quantitative estimate of drug-likeness (QED) is 0.319. The minimum atomic E-state index is 0.216. The molecule has 4 aromatic rings. The van der Waals surface area contributed by atoms with Crippen LogP contribution in [-0.2, 0) is 13.1 Å². The Labute approximate surface area is 196 Å². The topological polar surface area (TPSA) is 35.4 Å². The van der Waals surface area contributed by atoms with E-state index < -0.39 is 0 Å². The number of aromatic nitrogens is 1. The van der Waals surface area contributed by atoms with E-state index in [0.717, 1.165) is 36.1 Å². The van der Waals surface area contributed by atoms with Gasteiger partial charge in [-0.3, -0.25) is 0 Å². The predicted molar refractivity (Wildman–Crippen MR) is 135 cm³/mol. The average Bonchev–Trinajstić information content (AvgIpc) is 3.60. The van der Waals surface area contributed by atoms with Crippen LogP contribution < -0.4 is 14.8 Å². The molecule has 0 amide bonds. The number of methoxy groups -OCH3 is 2. The molecule has 5 rings (SSSR count). The maximum absolute atomic E-state index is 5.71. The van der Waals surface area contributed by atoms with Crippen molar-refractivity contribution in [3.8, 4) is 22.6 Å². The Hall–Kier alpha value is -3.24. The van der Waals surface area contributed by atoms with Gasteiger partial charge in [0, 0.05) is 41.8 Å². The van der Waals surface area contributed by atoms with Crippen molar-refractivity contribution >= 4 is 10.9 Å². The van der Waals surface area contributed by atoms with E-state index in [1.807, 2.05) is 12.1 Å². The van der Waals surface area contributed by atoms with E-state index in [4.69, 9.17) is 9.47 Å². The lowest BCUT2D eigenvalue weighted by Gasteiger charge is -2.17. The second-order valence-corrected chi connectivity index (χ2v) is 9.10. The van der Waals surface area contributed by atoms with Crippen molar-refractivity contribution in [3.05, 3.63) is 84.1 Å². The van der Waals surface area contributed by atoms with Gasteiger partial charge in [0.25, 0.3) is 0 Å². The fraction of sp³-hybridized carbons (Fsp3) is 0.310. The first-order chi connectivity index (χ1) is 16.1. The van der Waals surface area contributed by atoms with Gasteiger partial charge in [-0.25, -0.2) is 0 Å². The van der Waals surface area contributed by atoms with Crippen LogP contribution in [0.3, 0.4) is 0 Å². The van der Waals surface area contributed by atoms with Gasteiger partial charge in [-0.15, -0.1) is 0 Å². The van der Waals surface area contributed by atoms with Crippen molar-refractivity contribution in [1.29, 1.82) is 0 Å². The summed E-state index contributed by atoms with van der Waals surface area (Å²) in [5.41, 5.74) is 6.07. The third-order valence-electron chi connectivity index (χ3n) is 6.70. The average molecular weight is 441 g/mol. The summed E-state index contributed by atoms with van der Waals surface area (Å²) in [6, 6.07) is 23.9. The Balaban J connectivity index is 1.36. The number of benzene rings is 3. The summed E-state index contributed by atoms with van der Waals surface area (Å²) in [7, 11) is 3.45. The maximum Gasteiger partial charge on any atom is 0.126 e. The molecule has 33 heavy (non-hydrogen) atoms. The highest BCUT2D eigenvalue weighted by molar-refractivity contribution is 5.87. The molecule has 1 N–H and O–H groups in total. The predicted octanol–water partition coefficient (Wildman–Crippen LogP) is 6.59. The van der Waals surface area contributed by atoms with Crippen LogP contribution in [0.5, 0.6) is 11.5 Å². The fourth-order valence-electron chi connectivity index (χ4n) is 4.50. The molecule has 4 heteroatoms. The van der Waals surface area contributed by atoms with Gasteiger partial charge in [-0.2, -0.15) is 0 Å². The second kappa shape index (κ2) is 9.32.